The summed E-state index contributed by atoms with van der Waals surface area (Å²) in [6.07, 6.45) is 1.84. The van der Waals surface area contributed by atoms with Crippen LogP contribution in [0.2, 0.25) is 5.02 Å². The molecule has 1 heterocycles. The van der Waals surface area contributed by atoms with Crippen molar-refractivity contribution < 1.29 is 9.53 Å². The summed E-state index contributed by atoms with van der Waals surface area (Å²) >= 11 is 13.1. The van der Waals surface area contributed by atoms with E-state index in [1.54, 1.807) is 4.90 Å². The summed E-state index contributed by atoms with van der Waals surface area (Å²) in [6, 6.07) is 21.2. The molecule has 0 aliphatic carbocycles. The molecule has 0 N–H and O–H groups in total. The first-order valence-corrected chi connectivity index (χ1v) is 11.3. The third-order valence-electron chi connectivity index (χ3n) is 4.95. The fraction of sp³-hybridized carbons (Fsp3) is 0.120. The minimum absolute atomic E-state index is 0.121. The molecule has 0 atom stereocenters. The Labute approximate surface area is 196 Å². The third-order valence-corrected chi connectivity index (χ3v) is 6.62. The minimum atomic E-state index is -0.121. The van der Waals surface area contributed by atoms with E-state index >= 15 is 0 Å². The van der Waals surface area contributed by atoms with Crippen LogP contribution in [0.1, 0.15) is 22.3 Å². The fourth-order valence-corrected chi connectivity index (χ4v) is 4.75. The number of rotatable bonds is 5. The van der Waals surface area contributed by atoms with Gasteiger partial charge in [-0.15, -0.1) is 0 Å². The van der Waals surface area contributed by atoms with E-state index in [2.05, 4.69) is 0 Å². The van der Waals surface area contributed by atoms with Crippen LogP contribution in [-0.2, 0) is 11.4 Å². The number of carbonyl (C=O) groups is 1. The second-order valence-electron chi connectivity index (χ2n) is 7.22. The van der Waals surface area contributed by atoms with Crippen molar-refractivity contribution in [2.75, 3.05) is 4.90 Å². The molecule has 1 fully saturated rings. The SMILES string of the molecule is Cc1ccc(C)c(N2C(=O)C(=Cc3ccccc3OCc3ccccc3Cl)SC2=S)c1. The smallest absolute Gasteiger partial charge is 0.270 e. The van der Waals surface area contributed by atoms with E-state index in [4.69, 9.17) is 28.6 Å². The predicted molar refractivity (Wildman–Crippen MR) is 134 cm³/mol. The summed E-state index contributed by atoms with van der Waals surface area (Å²) in [7, 11) is 0. The van der Waals surface area contributed by atoms with Crippen LogP contribution >= 0.6 is 35.6 Å². The highest BCUT2D eigenvalue weighted by atomic mass is 35.5. The monoisotopic (exact) mass is 465 g/mol. The average Bonchev–Trinajstić information content (AvgIpc) is 3.03. The lowest BCUT2D eigenvalue weighted by molar-refractivity contribution is -0.113. The normalized spacial score (nSPS) is 15.1. The molecule has 0 bridgehead atoms. The van der Waals surface area contributed by atoms with Crippen molar-refractivity contribution in [2.24, 2.45) is 0 Å². The van der Waals surface area contributed by atoms with Crippen molar-refractivity contribution in [2.45, 2.75) is 20.5 Å². The number of aryl methyl sites for hydroxylation is 2. The number of nitrogens with zero attached hydrogens (tertiary/aromatic N) is 1. The topological polar surface area (TPSA) is 29.5 Å². The summed E-state index contributed by atoms with van der Waals surface area (Å²) in [5.41, 5.74) is 4.63. The molecule has 0 aromatic heterocycles. The van der Waals surface area contributed by atoms with Gasteiger partial charge in [-0.1, -0.05) is 84.1 Å². The zero-order valence-corrected chi connectivity index (χ0v) is 19.5. The molecule has 6 heteroatoms. The fourth-order valence-electron chi connectivity index (χ4n) is 3.28. The maximum Gasteiger partial charge on any atom is 0.270 e. The average molecular weight is 466 g/mol. The second-order valence-corrected chi connectivity index (χ2v) is 9.31. The van der Waals surface area contributed by atoms with Gasteiger partial charge in [0, 0.05) is 16.1 Å². The number of anilines is 1. The molecule has 3 aromatic carbocycles. The van der Waals surface area contributed by atoms with Crippen LogP contribution in [0.25, 0.3) is 6.08 Å². The number of hydrogen-bond acceptors (Lipinski definition) is 4. The van der Waals surface area contributed by atoms with Gasteiger partial charge in [-0.2, -0.15) is 0 Å². The first-order chi connectivity index (χ1) is 14.9. The molecule has 1 aliphatic heterocycles. The van der Waals surface area contributed by atoms with Gasteiger partial charge in [0.05, 0.1) is 10.6 Å². The zero-order valence-electron chi connectivity index (χ0n) is 17.1. The number of halogens is 1. The quantitative estimate of drug-likeness (QED) is 0.301. The largest absolute Gasteiger partial charge is 0.488 e. The summed E-state index contributed by atoms with van der Waals surface area (Å²) < 4.78 is 6.55. The molecule has 1 amide bonds. The Balaban J connectivity index is 1.61. The first kappa shape index (κ1) is 21.6. The summed E-state index contributed by atoms with van der Waals surface area (Å²) in [6.45, 7) is 4.33. The number of hydrogen-bond donors (Lipinski definition) is 0. The van der Waals surface area contributed by atoms with E-state index in [1.165, 1.54) is 11.8 Å². The van der Waals surface area contributed by atoms with Crippen LogP contribution < -0.4 is 9.64 Å². The Morgan fingerprint density at radius 1 is 1.06 bits per heavy atom. The molecule has 0 unspecified atom stereocenters. The number of para-hydroxylation sites is 1. The lowest BCUT2D eigenvalue weighted by Gasteiger charge is -2.17. The molecule has 3 aromatic rings. The number of ether oxygens (including phenoxy) is 1. The van der Waals surface area contributed by atoms with Gasteiger partial charge in [0.1, 0.15) is 12.4 Å². The van der Waals surface area contributed by atoms with Crippen molar-refractivity contribution in [3.8, 4) is 5.75 Å². The van der Waals surface area contributed by atoms with Gasteiger partial charge >= 0.3 is 0 Å². The van der Waals surface area contributed by atoms with Gasteiger partial charge in [0.25, 0.3) is 5.91 Å². The Bertz CT molecular complexity index is 1210. The number of amides is 1. The Morgan fingerprint density at radius 2 is 1.81 bits per heavy atom. The van der Waals surface area contributed by atoms with E-state index in [-0.39, 0.29) is 5.91 Å². The lowest BCUT2D eigenvalue weighted by atomic mass is 10.1. The zero-order chi connectivity index (χ0) is 22.0. The summed E-state index contributed by atoms with van der Waals surface area (Å²) in [5, 5.41) is 0.661. The highest BCUT2D eigenvalue weighted by Gasteiger charge is 2.34. The molecule has 1 saturated heterocycles. The Hall–Kier alpha value is -2.60. The van der Waals surface area contributed by atoms with E-state index in [0.717, 1.165) is 27.9 Å². The number of thiocarbonyl (C=S) groups is 1. The standard InChI is InChI=1S/C25H20ClNO2S2/c1-16-11-12-17(2)21(13-16)27-24(28)23(31-25(27)30)14-18-7-4-6-10-22(18)29-15-19-8-3-5-9-20(19)26/h3-14H,15H2,1-2H3. The third kappa shape index (κ3) is 4.69. The number of thioether (sulfide) groups is 1. The molecule has 31 heavy (non-hydrogen) atoms. The number of carbonyl (C=O) groups excluding carboxylic acids is 1. The Kier molecular flexibility index (Phi) is 6.46. The molecule has 0 radical (unpaired) electrons. The van der Waals surface area contributed by atoms with E-state index < -0.39 is 0 Å². The van der Waals surface area contributed by atoms with Gasteiger partial charge in [-0.05, 0) is 49.2 Å². The van der Waals surface area contributed by atoms with Gasteiger partial charge in [-0.25, -0.2) is 0 Å². The van der Waals surface area contributed by atoms with Crippen LogP contribution in [-0.4, -0.2) is 10.2 Å². The highest BCUT2D eigenvalue weighted by Crippen LogP contribution is 2.38. The molecule has 3 nitrogen and oxygen atoms in total. The maximum absolute atomic E-state index is 13.2. The number of benzene rings is 3. The minimum Gasteiger partial charge on any atom is -0.488 e. The molecular formula is C25H20ClNO2S2. The van der Waals surface area contributed by atoms with Crippen LogP contribution in [0, 0.1) is 13.8 Å². The van der Waals surface area contributed by atoms with Crippen LogP contribution in [0.5, 0.6) is 5.75 Å². The van der Waals surface area contributed by atoms with Crippen molar-refractivity contribution in [1.82, 2.24) is 0 Å². The molecule has 1 aliphatic rings. The second kappa shape index (κ2) is 9.27. The van der Waals surface area contributed by atoms with Crippen molar-refractivity contribution in [3.63, 3.8) is 0 Å². The van der Waals surface area contributed by atoms with Gasteiger partial charge in [0.2, 0.25) is 0 Å². The molecule has 0 saturated carbocycles. The van der Waals surface area contributed by atoms with E-state index in [9.17, 15) is 4.79 Å². The molecule has 156 valence electrons. The lowest BCUT2D eigenvalue weighted by Crippen LogP contribution is -2.28. The maximum atomic E-state index is 13.2. The summed E-state index contributed by atoms with van der Waals surface area (Å²) in [5.74, 6) is 0.559. The molecule has 0 spiro atoms. The predicted octanol–water partition coefficient (Wildman–Crippen LogP) is 6.94. The van der Waals surface area contributed by atoms with E-state index in [1.807, 2.05) is 86.7 Å². The van der Waals surface area contributed by atoms with Crippen LogP contribution in [0.15, 0.2) is 71.6 Å². The molecular weight excluding hydrogens is 446 g/mol. The van der Waals surface area contributed by atoms with Crippen molar-refractivity contribution in [1.29, 1.82) is 0 Å². The van der Waals surface area contributed by atoms with Crippen LogP contribution in [0.3, 0.4) is 0 Å². The Morgan fingerprint density at radius 3 is 2.61 bits per heavy atom. The summed E-state index contributed by atoms with van der Waals surface area (Å²) in [4.78, 5) is 15.4. The van der Waals surface area contributed by atoms with E-state index in [0.29, 0.717) is 26.6 Å². The van der Waals surface area contributed by atoms with Crippen LogP contribution in [0.4, 0.5) is 5.69 Å². The van der Waals surface area contributed by atoms with Gasteiger partial charge in [-0.3, -0.25) is 9.69 Å². The van der Waals surface area contributed by atoms with Crippen molar-refractivity contribution in [3.05, 3.63) is 98.9 Å². The first-order valence-electron chi connectivity index (χ1n) is 9.74. The van der Waals surface area contributed by atoms with Gasteiger partial charge in [0.15, 0.2) is 4.32 Å². The van der Waals surface area contributed by atoms with Crippen molar-refractivity contribution >= 4 is 57.6 Å². The highest BCUT2D eigenvalue weighted by molar-refractivity contribution is 8.27. The molecule has 4 rings (SSSR count). The van der Waals surface area contributed by atoms with Gasteiger partial charge < -0.3 is 4.74 Å².